The van der Waals surface area contributed by atoms with Crippen LogP contribution in [0.15, 0.2) is 28.7 Å². The van der Waals surface area contributed by atoms with Crippen molar-refractivity contribution in [2.75, 3.05) is 33.5 Å². The fourth-order valence-electron chi connectivity index (χ4n) is 1.50. The Morgan fingerprint density at radius 3 is 2.95 bits per heavy atom. The van der Waals surface area contributed by atoms with E-state index in [2.05, 4.69) is 21.2 Å². The molecule has 0 atom stereocenters. The minimum absolute atomic E-state index is 0.258. The lowest BCUT2D eigenvalue weighted by atomic mass is 10.2. The maximum Gasteiger partial charge on any atom is 0.244 e. The number of carbonyl (C=O) groups is 1. The fourth-order valence-corrected chi connectivity index (χ4v) is 1.88. The van der Waals surface area contributed by atoms with Crippen LogP contribution in [0.3, 0.4) is 0 Å². The van der Waals surface area contributed by atoms with Gasteiger partial charge in [0.1, 0.15) is 5.82 Å². The number of benzene rings is 1. The van der Waals surface area contributed by atoms with Crippen LogP contribution < -0.4 is 5.32 Å². The van der Waals surface area contributed by atoms with Crippen LogP contribution in [0.1, 0.15) is 12.0 Å². The number of ether oxygens (including phenoxy) is 2. The number of hydrogen-bond donors (Lipinski definition) is 1. The Kier molecular flexibility index (Phi) is 8.89. The van der Waals surface area contributed by atoms with Gasteiger partial charge < -0.3 is 14.8 Å². The van der Waals surface area contributed by atoms with Gasteiger partial charge in [-0.3, -0.25) is 4.79 Å². The van der Waals surface area contributed by atoms with Crippen molar-refractivity contribution >= 4 is 27.9 Å². The van der Waals surface area contributed by atoms with E-state index in [-0.39, 0.29) is 11.7 Å². The molecule has 0 aliphatic heterocycles. The van der Waals surface area contributed by atoms with Gasteiger partial charge >= 0.3 is 0 Å². The summed E-state index contributed by atoms with van der Waals surface area (Å²) in [6, 6.07) is 4.57. The third kappa shape index (κ3) is 7.94. The zero-order valence-electron chi connectivity index (χ0n) is 11.9. The van der Waals surface area contributed by atoms with Gasteiger partial charge in [0, 0.05) is 36.4 Å². The van der Waals surface area contributed by atoms with Crippen molar-refractivity contribution in [3.63, 3.8) is 0 Å². The number of halogens is 2. The molecule has 0 bridgehead atoms. The molecular weight excluding hydrogens is 341 g/mol. The van der Waals surface area contributed by atoms with E-state index in [0.717, 1.165) is 4.47 Å². The molecule has 0 heterocycles. The zero-order valence-corrected chi connectivity index (χ0v) is 13.5. The van der Waals surface area contributed by atoms with Crippen LogP contribution in [-0.2, 0) is 14.3 Å². The first-order valence-electron chi connectivity index (χ1n) is 6.61. The van der Waals surface area contributed by atoms with Gasteiger partial charge in [-0.1, -0.05) is 15.9 Å². The molecule has 0 saturated carbocycles. The monoisotopic (exact) mass is 359 g/mol. The van der Waals surface area contributed by atoms with Gasteiger partial charge in [0.15, 0.2) is 0 Å². The SMILES string of the molecule is COCCOCCCNC(=O)/C=C/c1cc(Br)ccc1F. The molecule has 0 aromatic heterocycles. The predicted molar refractivity (Wildman–Crippen MR) is 83.5 cm³/mol. The summed E-state index contributed by atoms with van der Waals surface area (Å²) in [5.74, 6) is -0.625. The van der Waals surface area contributed by atoms with Gasteiger partial charge in [-0.05, 0) is 30.7 Å². The molecule has 4 nitrogen and oxygen atoms in total. The van der Waals surface area contributed by atoms with Crippen LogP contribution in [-0.4, -0.2) is 39.4 Å². The molecule has 1 N–H and O–H groups in total. The Labute approximate surface area is 132 Å². The lowest BCUT2D eigenvalue weighted by Crippen LogP contribution is -2.23. The molecule has 1 amide bonds. The summed E-state index contributed by atoms with van der Waals surface area (Å²) in [5.41, 5.74) is 0.363. The molecule has 0 aliphatic rings. The van der Waals surface area contributed by atoms with Crippen molar-refractivity contribution < 1.29 is 18.7 Å². The van der Waals surface area contributed by atoms with Crippen molar-refractivity contribution in [3.8, 4) is 0 Å². The summed E-state index contributed by atoms with van der Waals surface area (Å²) in [5, 5.41) is 2.71. The predicted octanol–water partition coefficient (Wildman–Crippen LogP) is 2.77. The highest BCUT2D eigenvalue weighted by atomic mass is 79.9. The lowest BCUT2D eigenvalue weighted by molar-refractivity contribution is -0.116. The minimum atomic E-state index is -0.367. The van der Waals surface area contributed by atoms with Crippen LogP contribution in [0.4, 0.5) is 4.39 Å². The van der Waals surface area contributed by atoms with E-state index in [9.17, 15) is 9.18 Å². The summed E-state index contributed by atoms with van der Waals surface area (Å²) >= 11 is 3.26. The molecule has 0 unspecified atom stereocenters. The molecule has 0 fully saturated rings. The molecule has 0 aliphatic carbocycles. The Bertz CT molecular complexity index is 480. The van der Waals surface area contributed by atoms with E-state index >= 15 is 0 Å². The molecule has 0 radical (unpaired) electrons. The van der Waals surface area contributed by atoms with E-state index in [4.69, 9.17) is 9.47 Å². The summed E-state index contributed by atoms with van der Waals surface area (Å²) < 4.78 is 24.3. The second-order valence-corrected chi connectivity index (χ2v) is 5.16. The maximum absolute atomic E-state index is 13.4. The van der Waals surface area contributed by atoms with Gasteiger partial charge in [-0.15, -0.1) is 0 Å². The van der Waals surface area contributed by atoms with Gasteiger partial charge in [0.25, 0.3) is 0 Å². The van der Waals surface area contributed by atoms with Gasteiger partial charge in [-0.25, -0.2) is 4.39 Å². The Morgan fingerprint density at radius 2 is 2.19 bits per heavy atom. The molecule has 116 valence electrons. The molecule has 1 rings (SSSR count). The van der Waals surface area contributed by atoms with E-state index in [0.29, 0.717) is 38.3 Å². The highest BCUT2D eigenvalue weighted by Crippen LogP contribution is 2.16. The van der Waals surface area contributed by atoms with Crippen molar-refractivity contribution in [3.05, 3.63) is 40.1 Å². The van der Waals surface area contributed by atoms with Crippen LogP contribution in [0, 0.1) is 5.82 Å². The standard InChI is InChI=1S/C15H19BrFNO3/c1-20-9-10-21-8-2-7-18-15(19)6-3-12-11-13(16)4-5-14(12)17/h3-6,11H,2,7-10H2,1H3,(H,18,19)/b6-3+. The van der Waals surface area contributed by atoms with Gasteiger partial charge in [-0.2, -0.15) is 0 Å². The number of hydrogen-bond acceptors (Lipinski definition) is 3. The number of nitrogens with one attached hydrogen (secondary N) is 1. The molecule has 1 aromatic carbocycles. The third-order valence-electron chi connectivity index (χ3n) is 2.57. The van der Waals surface area contributed by atoms with Crippen molar-refractivity contribution in [1.29, 1.82) is 0 Å². The van der Waals surface area contributed by atoms with Crippen molar-refractivity contribution in [1.82, 2.24) is 5.32 Å². The van der Waals surface area contributed by atoms with E-state index in [1.807, 2.05) is 0 Å². The third-order valence-corrected chi connectivity index (χ3v) is 3.06. The normalized spacial score (nSPS) is 11.0. The van der Waals surface area contributed by atoms with Gasteiger partial charge in [0.2, 0.25) is 5.91 Å². The molecular formula is C15H19BrFNO3. The molecule has 1 aromatic rings. The number of amides is 1. The number of rotatable bonds is 9. The van der Waals surface area contributed by atoms with E-state index < -0.39 is 0 Å². The smallest absolute Gasteiger partial charge is 0.244 e. The Morgan fingerprint density at radius 1 is 1.38 bits per heavy atom. The van der Waals surface area contributed by atoms with Crippen LogP contribution in [0.2, 0.25) is 0 Å². The second kappa shape index (κ2) is 10.5. The number of carbonyl (C=O) groups excluding carboxylic acids is 1. The Hall–Kier alpha value is -1.24. The Balaban J connectivity index is 2.24. The highest BCUT2D eigenvalue weighted by Gasteiger charge is 2.00. The van der Waals surface area contributed by atoms with Crippen molar-refractivity contribution in [2.24, 2.45) is 0 Å². The lowest BCUT2D eigenvalue weighted by Gasteiger charge is -2.04. The average molecular weight is 360 g/mol. The largest absolute Gasteiger partial charge is 0.382 e. The van der Waals surface area contributed by atoms with Crippen LogP contribution >= 0.6 is 15.9 Å². The number of methoxy groups -OCH3 is 1. The summed E-state index contributed by atoms with van der Waals surface area (Å²) in [6.45, 7) is 2.19. The molecule has 21 heavy (non-hydrogen) atoms. The maximum atomic E-state index is 13.4. The van der Waals surface area contributed by atoms with Gasteiger partial charge in [0.05, 0.1) is 13.2 Å². The van der Waals surface area contributed by atoms with E-state index in [1.165, 1.54) is 18.2 Å². The quantitative estimate of drug-likeness (QED) is 0.544. The molecule has 6 heteroatoms. The summed E-state index contributed by atoms with van der Waals surface area (Å²) in [7, 11) is 1.62. The first-order valence-corrected chi connectivity index (χ1v) is 7.40. The summed E-state index contributed by atoms with van der Waals surface area (Å²) in [4.78, 5) is 11.6. The first kappa shape index (κ1) is 17.8. The minimum Gasteiger partial charge on any atom is -0.382 e. The van der Waals surface area contributed by atoms with Crippen LogP contribution in [0.5, 0.6) is 0 Å². The second-order valence-electron chi connectivity index (χ2n) is 4.25. The van der Waals surface area contributed by atoms with E-state index in [1.54, 1.807) is 19.2 Å². The highest BCUT2D eigenvalue weighted by molar-refractivity contribution is 9.10. The summed E-state index contributed by atoms with van der Waals surface area (Å²) in [6.07, 6.45) is 3.48. The van der Waals surface area contributed by atoms with Crippen molar-refractivity contribution in [2.45, 2.75) is 6.42 Å². The molecule has 0 saturated heterocycles. The first-order chi connectivity index (χ1) is 10.1. The fraction of sp³-hybridized carbons (Fsp3) is 0.400. The topological polar surface area (TPSA) is 47.6 Å². The molecule has 0 spiro atoms. The zero-order chi connectivity index (χ0) is 15.5. The van der Waals surface area contributed by atoms with Crippen LogP contribution in [0.25, 0.3) is 6.08 Å². The average Bonchev–Trinajstić information content (AvgIpc) is 2.47.